The molecular weight excluding hydrogens is 242 g/mol. The van der Waals surface area contributed by atoms with Gasteiger partial charge in [-0.3, -0.25) is 9.78 Å². The molecule has 1 fully saturated rings. The summed E-state index contributed by atoms with van der Waals surface area (Å²) < 4.78 is 0. The lowest BCUT2D eigenvalue weighted by Crippen LogP contribution is -2.45. The largest absolute Gasteiger partial charge is 0.505 e. The Balaban J connectivity index is 2.04. The number of nitrogens with one attached hydrogen (secondary N) is 1. The lowest BCUT2D eigenvalue weighted by molar-refractivity contribution is 0.0738. The number of hydrogen-bond acceptors (Lipinski definition) is 4. The molecular formula is C14H21N3O2. The Hall–Kier alpha value is -1.62. The second kappa shape index (κ2) is 6.52. The Morgan fingerprint density at radius 1 is 1.58 bits per heavy atom. The fourth-order valence-electron chi connectivity index (χ4n) is 2.44. The van der Waals surface area contributed by atoms with Crippen molar-refractivity contribution in [2.45, 2.75) is 32.2 Å². The summed E-state index contributed by atoms with van der Waals surface area (Å²) in [5.41, 5.74) is 0.327. The van der Waals surface area contributed by atoms with Crippen LogP contribution in [0, 0.1) is 0 Å². The molecule has 0 aliphatic carbocycles. The second-order valence-corrected chi connectivity index (χ2v) is 4.88. The molecule has 1 amide bonds. The van der Waals surface area contributed by atoms with Gasteiger partial charge in [-0.15, -0.1) is 0 Å². The molecule has 1 aromatic heterocycles. The van der Waals surface area contributed by atoms with Crippen molar-refractivity contribution in [1.82, 2.24) is 15.2 Å². The number of amides is 1. The Morgan fingerprint density at radius 3 is 3.05 bits per heavy atom. The molecule has 2 heterocycles. The van der Waals surface area contributed by atoms with Crippen LogP contribution in [-0.2, 0) is 0 Å². The average molecular weight is 263 g/mol. The van der Waals surface area contributed by atoms with Crippen LogP contribution < -0.4 is 5.32 Å². The molecule has 1 aromatic rings. The first-order valence-electron chi connectivity index (χ1n) is 6.88. The lowest BCUT2D eigenvalue weighted by Gasteiger charge is -2.30. The van der Waals surface area contributed by atoms with E-state index in [4.69, 9.17) is 0 Å². The van der Waals surface area contributed by atoms with Crippen molar-refractivity contribution >= 4 is 5.91 Å². The maximum absolute atomic E-state index is 12.4. The summed E-state index contributed by atoms with van der Waals surface area (Å²) in [4.78, 5) is 18.0. The van der Waals surface area contributed by atoms with E-state index in [2.05, 4.69) is 10.3 Å². The highest BCUT2D eigenvalue weighted by atomic mass is 16.3. The number of piperidine rings is 1. The fraction of sp³-hybridized carbons (Fsp3) is 0.571. The van der Waals surface area contributed by atoms with E-state index in [9.17, 15) is 9.90 Å². The smallest absolute Gasteiger partial charge is 0.257 e. The van der Waals surface area contributed by atoms with Crippen LogP contribution >= 0.6 is 0 Å². The van der Waals surface area contributed by atoms with Crippen molar-refractivity contribution in [2.75, 3.05) is 19.6 Å². The van der Waals surface area contributed by atoms with Gasteiger partial charge < -0.3 is 15.3 Å². The van der Waals surface area contributed by atoms with Crippen molar-refractivity contribution in [1.29, 1.82) is 0 Å². The Morgan fingerprint density at radius 2 is 2.42 bits per heavy atom. The number of aromatic nitrogens is 1. The molecule has 0 radical (unpaired) electrons. The summed E-state index contributed by atoms with van der Waals surface area (Å²) in [5.74, 6) is -0.183. The van der Waals surface area contributed by atoms with Crippen molar-refractivity contribution < 1.29 is 9.90 Å². The van der Waals surface area contributed by atoms with E-state index >= 15 is 0 Å². The second-order valence-electron chi connectivity index (χ2n) is 4.88. The number of likely N-dealkylation sites (N-methyl/N-ethyl adjacent to an activating group) is 1. The molecule has 0 saturated carbocycles. The highest BCUT2D eigenvalue weighted by Crippen LogP contribution is 2.17. The maximum Gasteiger partial charge on any atom is 0.257 e. The molecule has 1 aliphatic heterocycles. The molecule has 0 bridgehead atoms. The van der Waals surface area contributed by atoms with Gasteiger partial charge in [0.25, 0.3) is 5.91 Å². The van der Waals surface area contributed by atoms with Crippen LogP contribution in [0.25, 0.3) is 0 Å². The quantitative estimate of drug-likeness (QED) is 0.861. The van der Waals surface area contributed by atoms with Gasteiger partial charge in [-0.2, -0.15) is 0 Å². The monoisotopic (exact) mass is 263 g/mol. The molecule has 1 saturated heterocycles. The molecule has 5 heteroatoms. The van der Waals surface area contributed by atoms with Crippen molar-refractivity contribution in [3.63, 3.8) is 0 Å². The molecule has 1 unspecified atom stereocenters. The molecule has 5 nitrogen and oxygen atoms in total. The summed E-state index contributed by atoms with van der Waals surface area (Å²) in [6.07, 6.45) is 6.36. The predicted molar refractivity (Wildman–Crippen MR) is 73.1 cm³/mol. The van der Waals surface area contributed by atoms with Gasteiger partial charge in [-0.1, -0.05) is 6.42 Å². The molecule has 2 rings (SSSR count). The summed E-state index contributed by atoms with van der Waals surface area (Å²) in [6.45, 7) is 4.31. The van der Waals surface area contributed by atoms with E-state index in [1.165, 1.54) is 25.2 Å². The van der Waals surface area contributed by atoms with E-state index in [0.29, 0.717) is 24.7 Å². The minimum Gasteiger partial charge on any atom is -0.505 e. The van der Waals surface area contributed by atoms with Crippen molar-refractivity contribution in [3.8, 4) is 5.75 Å². The number of aromatic hydroxyl groups is 1. The van der Waals surface area contributed by atoms with E-state index in [1.54, 1.807) is 11.0 Å². The van der Waals surface area contributed by atoms with E-state index in [0.717, 1.165) is 13.0 Å². The van der Waals surface area contributed by atoms with E-state index in [-0.39, 0.29) is 11.7 Å². The third-order valence-electron chi connectivity index (χ3n) is 3.55. The van der Waals surface area contributed by atoms with Crippen molar-refractivity contribution in [3.05, 3.63) is 24.0 Å². The maximum atomic E-state index is 12.4. The summed E-state index contributed by atoms with van der Waals surface area (Å²) in [5, 5.41) is 13.1. The van der Waals surface area contributed by atoms with Crippen LogP contribution in [-0.4, -0.2) is 46.6 Å². The van der Waals surface area contributed by atoms with Gasteiger partial charge in [0.1, 0.15) is 5.75 Å². The molecule has 0 aromatic carbocycles. The van der Waals surface area contributed by atoms with Crippen LogP contribution in [0.2, 0.25) is 0 Å². The zero-order valence-corrected chi connectivity index (χ0v) is 11.3. The minimum absolute atomic E-state index is 0.0532. The number of pyridine rings is 1. The summed E-state index contributed by atoms with van der Waals surface area (Å²) in [7, 11) is 0. The van der Waals surface area contributed by atoms with Gasteiger partial charge in [0.15, 0.2) is 0 Å². The third kappa shape index (κ3) is 3.44. The molecule has 0 spiro atoms. The van der Waals surface area contributed by atoms with Crippen LogP contribution in [0.5, 0.6) is 5.75 Å². The fourth-order valence-corrected chi connectivity index (χ4v) is 2.44. The Labute approximate surface area is 113 Å². The predicted octanol–water partition coefficient (Wildman–Crippen LogP) is 1.39. The normalized spacial score (nSPS) is 19.1. The zero-order valence-electron chi connectivity index (χ0n) is 11.3. The lowest BCUT2D eigenvalue weighted by atomic mass is 10.0. The van der Waals surface area contributed by atoms with Crippen molar-refractivity contribution in [2.24, 2.45) is 0 Å². The van der Waals surface area contributed by atoms with Crippen LogP contribution in [0.3, 0.4) is 0 Å². The molecule has 104 valence electrons. The number of carbonyl (C=O) groups excluding carboxylic acids is 1. The van der Waals surface area contributed by atoms with Gasteiger partial charge in [0, 0.05) is 25.3 Å². The minimum atomic E-state index is -0.130. The molecule has 1 aliphatic rings. The molecule has 2 N–H and O–H groups in total. The Kier molecular flexibility index (Phi) is 4.74. The molecule has 19 heavy (non-hydrogen) atoms. The van der Waals surface area contributed by atoms with Gasteiger partial charge >= 0.3 is 0 Å². The molecule has 1 atom stereocenters. The average Bonchev–Trinajstić information content (AvgIpc) is 2.46. The van der Waals surface area contributed by atoms with Gasteiger partial charge in [0.2, 0.25) is 0 Å². The Bertz CT molecular complexity index is 430. The number of hydrogen-bond donors (Lipinski definition) is 2. The summed E-state index contributed by atoms with van der Waals surface area (Å²) in [6, 6.07) is 1.93. The van der Waals surface area contributed by atoms with Gasteiger partial charge in [-0.05, 0) is 32.4 Å². The standard InChI is InChI=1S/C14H21N3O2/c1-2-17(10-11-5-3-4-7-16-11)14(19)12-6-8-15-9-13(12)18/h6,8-9,11,16,18H,2-5,7,10H2,1H3. The first kappa shape index (κ1) is 13.8. The highest BCUT2D eigenvalue weighted by Gasteiger charge is 2.22. The van der Waals surface area contributed by atoms with Crippen LogP contribution in [0.4, 0.5) is 0 Å². The highest BCUT2D eigenvalue weighted by molar-refractivity contribution is 5.96. The summed E-state index contributed by atoms with van der Waals surface area (Å²) >= 11 is 0. The number of carbonyl (C=O) groups is 1. The topological polar surface area (TPSA) is 65.5 Å². The van der Waals surface area contributed by atoms with E-state index in [1.807, 2.05) is 6.92 Å². The van der Waals surface area contributed by atoms with Crippen LogP contribution in [0.15, 0.2) is 18.5 Å². The van der Waals surface area contributed by atoms with Gasteiger partial charge in [-0.25, -0.2) is 0 Å². The SMILES string of the molecule is CCN(CC1CCCCN1)C(=O)c1ccncc1O. The first-order chi connectivity index (χ1) is 9.22. The van der Waals surface area contributed by atoms with E-state index < -0.39 is 0 Å². The van der Waals surface area contributed by atoms with Crippen LogP contribution in [0.1, 0.15) is 36.5 Å². The zero-order chi connectivity index (χ0) is 13.7. The number of nitrogens with zero attached hydrogens (tertiary/aromatic N) is 2. The van der Waals surface area contributed by atoms with Gasteiger partial charge in [0.05, 0.1) is 11.8 Å². The third-order valence-corrected chi connectivity index (χ3v) is 3.55. The number of rotatable bonds is 4. The first-order valence-corrected chi connectivity index (χ1v) is 6.88.